The lowest BCUT2D eigenvalue weighted by Crippen LogP contribution is -2.45. The third-order valence-corrected chi connectivity index (χ3v) is 5.23. The zero-order chi connectivity index (χ0) is 14.4. The molecule has 0 radical (unpaired) electrons. The molecular weight excluding hydrogens is 272 g/mol. The molecule has 0 atom stereocenters. The van der Waals surface area contributed by atoms with E-state index in [9.17, 15) is 4.79 Å². The lowest BCUT2D eigenvalue weighted by molar-refractivity contribution is -0.115. The highest BCUT2D eigenvalue weighted by molar-refractivity contribution is 8.00. The van der Waals surface area contributed by atoms with Crippen LogP contribution in [0.2, 0.25) is 0 Å². The molecule has 4 nitrogen and oxygen atoms in total. The molecule has 1 aromatic carbocycles. The van der Waals surface area contributed by atoms with Crippen molar-refractivity contribution in [3.8, 4) is 5.75 Å². The summed E-state index contributed by atoms with van der Waals surface area (Å²) in [6.07, 6.45) is 5.94. The van der Waals surface area contributed by atoms with E-state index >= 15 is 0 Å². The van der Waals surface area contributed by atoms with Crippen molar-refractivity contribution in [2.75, 3.05) is 31.8 Å². The maximum Gasteiger partial charge on any atom is 0.238 e. The number of methoxy groups -OCH3 is 1. The first kappa shape index (κ1) is 15.2. The van der Waals surface area contributed by atoms with Crippen LogP contribution in [0.3, 0.4) is 0 Å². The van der Waals surface area contributed by atoms with E-state index in [-0.39, 0.29) is 5.91 Å². The van der Waals surface area contributed by atoms with E-state index in [1.165, 1.54) is 19.3 Å². The van der Waals surface area contributed by atoms with Crippen molar-refractivity contribution in [2.45, 2.75) is 24.0 Å². The Morgan fingerprint density at radius 1 is 1.40 bits per heavy atom. The first-order valence-electron chi connectivity index (χ1n) is 6.88. The topological polar surface area (TPSA) is 50.4 Å². The van der Waals surface area contributed by atoms with Gasteiger partial charge in [-0.25, -0.2) is 0 Å². The van der Waals surface area contributed by atoms with Gasteiger partial charge < -0.3 is 15.4 Å². The van der Waals surface area contributed by atoms with E-state index in [1.807, 2.05) is 36.0 Å². The fourth-order valence-corrected chi connectivity index (χ4v) is 3.31. The monoisotopic (exact) mass is 294 g/mol. The van der Waals surface area contributed by atoms with Crippen LogP contribution in [0.4, 0.5) is 5.69 Å². The number of para-hydroxylation sites is 2. The van der Waals surface area contributed by atoms with Gasteiger partial charge in [0, 0.05) is 11.3 Å². The minimum atomic E-state index is -0.0370. The number of ether oxygens (including phenoxy) is 1. The van der Waals surface area contributed by atoms with E-state index in [1.54, 1.807) is 7.11 Å². The first-order chi connectivity index (χ1) is 9.69. The van der Waals surface area contributed by atoms with Crippen molar-refractivity contribution in [1.29, 1.82) is 0 Å². The van der Waals surface area contributed by atoms with Crippen molar-refractivity contribution in [2.24, 2.45) is 0 Å². The average molecular weight is 294 g/mol. The number of amides is 1. The predicted octanol–water partition coefficient (Wildman–Crippen LogP) is 2.51. The van der Waals surface area contributed by atoms with Crippen molar-refractivity contribution < 1.29 is 9.53 Å². The molecule has 20 heavy (non-hydrogen) atoms. The Bertz CT molecular complexity index is 455. The Morgan fingerprint density at radius 2 is 2.15 bits per heavy atom. The van der Waals surface area contributed by atoms with Crippen molar-refractivity contribution in [3.05, 3.63) is 24.3 Å². The van der Waals surface area contributed by atoms with Crippen LogP contribution in [0.25, 0.3) is 0 Å². The highest BCUT2D eigenvalue weighted by atomic mass is 32.2. The number of anilines is 1. The van der Waals surface area contributed by atoms with Gasteiger partial charge in [0.1, 0.15) is 5.75 Å². The Hall–Kier alpha value is -1.20. The summed E-state index contributed by atoms with van der Waals surface area (Å²) in [6.45, 7) is 1.23. The van der Waals surface area contributed by atoms with E-state index in [0.29, 0.717) is 22.7 Å². The summed E-state index contributed by atoms with van der Waals surface area (Å²) in [5.74, 6) is 0.644. The first-order valence-corrected chi connectivity index (χ1v) is 8.10. The van der Waals surface area contributed by atoms with Crippen molar-refractivity contribution in [3.63, 3.8) is 0 Å². The minimum absolute atomic E-state index is 0.0370. The zero-order valence-electron chi connectivity index (χ0n) is 12.1. The molecule has 0 aliphatic heterocycles. The molecular formula is C15H22N2O2S. The average Bonchev–Trinajstić information content (AvgIpc) is 2.42. The molecule has 1 fully saturated rings. The quantitative estimate of drug-likeness (QED) is 0.811. The summed E-state index contributed by atoms with van der Waals surface area (Å²) in [6, 6.07) is 7.43. The SMILES string of the molecule is COc1ccccc1NC(=O)CNCC1(SC)CCC1. The third kappa shape index (κ3) is 3.67. The van der Waals surface area contributed by atoms with Gasteiger partial charge in [-0.05, 0) is 31.2 Å². The van der Waals surface area contributed by atoms with Crippen LogP contribution < -0.4 is 15.4 Å². The fraction of sp³-hybridized carbons (Fsp3) is 0.533. The van der Waals surface area contributed by atoms with Crippen LogP contribution in [-0.4, -0.2) is 37.1 Å². The van der Waals surface area contributed by atoms with E-state index in [2.05, 4.69) is 16.9 Å². The van der Waals surface area contributed by atoms with Gasteiger partial charge in [-0.2, -0.15) is 11.8 Å². The molecule has 0 bridgehead atoms. The summed E-state index contributed by atoms with van der Waals surface area (Å²) in [5, 5.41) is 6.13. The molecule has 1 saturated carbocycles. The summed E-state index contributed by atoms with van der Waals surface area (Å²) >= 11 is 1.91. The second-order valence-corrected chi connectivity index (χ2v) is 6.37. The van der Waals surface area contributed by atoms with Crippen LogP contribution in [0, 0.1) is 0 Å². The Morgan fingerprint density at radius 3 is 2.75 bits per heavy atom. The zero-order valence-corrected chi connectivity index (χ0v) is 12.9. The minimum Gasteiger partial charge on any atom is -0.495 e. The molecule has 0 heterocycles. The summed E-state index contributed by atoms with van der Waals surface area (Å²) in [7, 11) is 1.60. The summed E-state index contributed by atoms with van der Waals surface area (Å²) in [5.41, 5.74) is 0.713. The van der Waals surface area contributed by atoms with Crippen LogP contribution >= 0.6 is 11.8 Å². The van der Waals surface area contributed by atoms with Gasteiger partial charge in [-0.15, -0.1) is 0 Å². The number of benzene rings is 1. The maximum absolute atomic E-state index is 11.9. The standard InChI is InChI=1S/C15H22N2O2S/c1-19-13-7-4-3-6-12(13)17-14(18)10-16-11-15(20-2)8-5-9-15/h3-4,6-7,16H,5,8-11H2,1-2H3,(H,17,18). The second-order valence-electron chi connectivity index (χ2n) is 5.09. The van der Waals surface area contributed by atoms with E-state index in [4.69, 9.17) is 4.74 Å². The summed E-state index contributed by atoms with van der Waals surface area (Å²) in [4.78, 5) is 11.9. The van der Waals surface area contributed by atoms with Gasteiger partial charge >= 0.3 is 0 Å². The molecule has 1 aliphatic rings. The molecule has 2 N–H and O–H groups in total. The molecule has 1 amide bonds. The molecule has 0 saturated heterocycles. The second kappa shape index (κ2) is 6.99. The molecule has 1 aliphatic carbocycles. The lowest BCUT2D eigenvalue weighted by Gasteiger charge is -2.40. The van der Waals surface area contributed by atoms with Gasteiger partial charge in [-0.3, -0.25) is 4.79 Å². The number of carbonyl (C=O) groups excluding carboxylic acids is 1. The highest BCUT2D eigenvalue weighted by Crippen LogP contribution is 2.42. The van der Waals surface area contributed by atoms with Gasteiger partial charge in [-0.1, -0.05) is 18.6 Å². The molecule has 5 heteroatoms. The van der Waals surface area contributed by atoms with Crippen LogP contribution in [-0.2, 0) is 4.79 Å². The van der Waals surface area contributed by atoms with E-state index < -0.39 is 0 Å². The van der Waals surface area contributed by atoms with Crippen LogP contribution in [0.5, 0.6) is 5.75 Å². The predicted molar refractivity (Wildman–Crippen MR) is 84.6 cm³/mol. The fourth-order valence-electron chi connectivity index (χ4n) is 2.37. The molecule has 2 rings (SSSR count). The Kier molecular flexibility index (Phi) is 5.31. The number of thioether (sulfide) groups is 1. The number of hydrogen-bond acceptors (Lipinski definition) is 4. The molecule has 1 aromatic rings. The van der Waals surface area contributed by atoms with Crippen molar-refractivity contribution in [1.82, 2.24) is 5.32 Å². The number of hydrogen-bond donors (Lipinski definition) is 2. The van der Waals surface area contributed by atoms with Gasteiger partial charge in [0.15, 0.2) is 0 Å². The summed E-state index contributed by atoms with van der Waals surface area (Å²) < 4.78 is 5.56. The third-order valence-electron chi connectivity index (χ3n) is 3.81. The molecule has 0 unspecified atom stereocenters. The highest BCUT2D eigenvalue weighted by Gasteiger charge is 2.35. The van der Waals surface area contributed by atoms with E-state index in [0.717, 1.165) is 6.54 Å². The Labute approximate surface area is 124 Å². The lowest BCUT2D eigenvalue weighted by atomic mass is 9.84. The smallest absolute Gasteiger partial charge is 0.238 e. The number of nitrogens with one attached hydrogen (secondary N) is 2. The number of carbonyl (C=O) groups is 1. The molecule has 0 spiro atoms. The largest absolute Gasteiger partial charge is 0.495 e. The van der Waals surface area contributed by atoms with Crippen LogP contribution in [0.15, 0.2) is 24.3 Å². The van der Waals surface area contributed by atoms with Crippen LogP contribution in [0.1, 0.15) is 19.3 Å². The van der Waals surface area contributed by atoms with Crippen molar-refractivity contribution >= 4 is 23.4 Å². The molecule has 110 valence electrons. The maximum atomic E-state index is 11.9. The molecule has 0 aromatic heterocycles. The van der Waals surface area contributed by atoms with Gasteiger partial charge in [0.25, 0.3) is 0 Å². The Balaban J connectivity index is 1.78. The normalized spacial score (nSPS) is 16.3. The number of rotatable bonds is 7. The van der Waals surface area contributed by atoms with Gasteiger partial charge in [0.05, 0.1) is 19.3 Å². The van der Waals surface area contributed by atoms with Gasteiger partial charge in [0.2, 0.25) is 5.91 Å².